The van der Waals surface area contributed by atoms with Crippen LogP contribution in [0.2, 0.25) is 15.1 Å². The van der Waals surface area contributed by atoms with E-state index in [0.717, 1.165) is 26.7 Å². The molecule has 0 saturated carbocycles. The second-order valence-electron chi connectivity index (χ2n) is 11.0. The average Bonchev–Trinajstić information content (AvgIpc) is 2.91. The predicted octanol–water partition coefficient (Wildman–Crippen LogP) is 9.82. The van der Waals surface area contributed by atoms with Crippen LogP contribution in [-0.2, 0) is 4.79 Å². The topological polar surface area (TPSA) is 70.5 Å². The summed E-state index contributed by atoms with van der Waals surface area (Å²) in [5, 5.41) is 11.2. The zero-order valence-electron chi connectivity index (χ0n) is 23.1. The Hall–Kier alpha value is -2.64. The van der Waals surface area contributed by atoms with Gasteiger partial charge in [-0.2, -0.15) is 0 Å². The quantitative estimate of drug-likeness (QED) is 0.189. The molecule has 0 fully saturated rings. The molecular formula is C32H30BrCl3N2O3. The van der Waals surface area contributed by atoms with E-state index in [9.17, 15) is 14.7 Å². The molecule has 1 heterocycles. The third-order valence-corrected chi connectivity index (χ3v) is 8.75. The highest BCUT2D eigenvalue weighted by Crippen LogP contribution is 2.40. The van der Waals surface area contributed by atoms with Crippen LogP contribution in [0.4, 0.5) is 0 Å². The first-order valence-corrected chi connectivity index (χ1v) is 15.0. The Kier molecular flexibility index (Phi) is 9.70. The van der Waals surface area contributed by atoms with Gasteiger partial charge >= 0.3 is 5.97 Å². The lowest BCUT2D eigenvalue weighted by Crippen LogP contribution is -2.48. The van der Waals surface area contributed by atoms with E-state index in [-0.39, 0.29) is 30.3 Å². The maximum atomic E-state index is 14.7. The molecule has 1 N–H and O–H groups in total. The number of hydrogen-bond donors (Lipinski definition) is 1. The molecule has 4 rings (SSSR count). The Labute approximate surface area is 263 Å². The standard InChI is InChI=1S/C32H30BrCl3N2O3/c1-18-27(22-16-21(33)11-14-25(22)37-30(18)19-8-6-5-7-9-19)31(41)38(32(2,3)4)17-20(10-15-26(39)40)28-23(34)12-13-24(35)29(28)36/h5-9,11-14,16,20H,10,15,17H2,1-4H3,(H,39,40). The number of carbonyl (C=O) groups is 2. The number of pyridine rings is 1. The number of aliphatic carboxylic acids is 1. The van der Waals surface area contributed by atoms with Crippen LogP contribution in [0.25, 0.3) is 22.2 Å². The second-order valence-corrected chi connectivity index (χ2v) is 13.1. The van der Waals surface area contributed by atoms with Crippen LogP contribution in [0.5, 0.6) is 0 Å². The van der Waals surface area contributed by atoms with Crippen LogP contribution in [0.15, 0.2) is 65.1 Å². The molecule has 5 nitrogen and oxygen atoms in total. The highest BCUT2D eigenvalue weighted by Gasteiger charge is 2.34. The van der Waals surface area contributed by atoms with Gasteiger partial charge in [0.2, 0.25) is 0 Å². The summed E-state index contributed by atoms with van der Waals surface area (Å²) in [5.41, 5.74) is 3.50. The van der Waals surface area contributed by atoms with E-state index in [1.807, 2.05) is 76.2 Å². The molecule has 0 aliphatic rings. The van der Waals surface area contributed by atoms with E-state index in [1.165, 1.54) is 0 Å². The fourth-order valence-corrected chi connectivity index (χ4v) is 6.25. The number of benzene rings is 3. The average molecular weight is 677 g/mol. The zero-order chi connectivity index (χ0) is 30.1. The van der Waals surface area contributed by atoms with Crippen molar-refractivity contribution in [2.45, 2.75) is 52.0 Å². The number of amides is 1. The third kappa shape index (κ3) is 6.89. The molecule has 41 heavy (non-hydrogen) atoms. The first-order chi connectivity index (χ1) is 19.3. The Morgan fingerprint density at radius 2 is 1.66 bits per heavy atom. The summed E-state index contributed by atoms with van der Waals surface area (Å²) < 4.78 is 0.826. The fraction of sp³-hybridized carbons (Fsp3) is 0.281. The van der Waals surface area contributed by atoms with Gasteiger partial charge < -0.3 is 10.0 Å². The van der Waals surface area contributed by atoms with Crippen molar-refractivity contribution in [2.24, 2.45) is 0 Å². The Bertz CT molecular complexity index is 1620. The lowest BCUT2D eigenvalue weighted by molar-refractivity contribution is -0.137. The minimum Gasteiger partial charge on any atom is -0.481 e. The van der Waals surface area contributed by atoms with Crippen LogP contribution >= 0.6 is 50.7 Å². The summed E-state index contributed by atoms with van der Waals surface area (Å²) in [6.07, 6.45) is 0.0875. The molecule has 1 amide bonds. The summed E-state index contributed by atoms with van der Waals surface area (Å²) >= 11 is 23.2. The molecule has 0 saturated heterocycles. The van der Waals surface area contributed by atoms with Crippen LogP contribution in [-0.4, -0.2) is 39.0 Å². The van der Waals surface area contributed by atoms with Gasteiger partial charge in [0.15, 0.2) is 0 Å². The van der Waals surface area contributed by atoms with Gasteiger partial charge in [-0.3, -0.25) is 9.59 Å². The molecule has 1 aromatic heterocycles. The number of aromatic nitrogens is 1. The van der Waals surface area contributed by atoms with E-state index in [2.05, 4.69) is 15.9 Å². The van der Waals surface area contributed by atoms with Crippen molar-refractivity contribution in [3.05, 3.63) is 96.9 Å². The van der Waals surface area contributed by atoms with Crippen LogP contribution in [0, 0.1) is 6.92 Å². The highest BCUT2D eigenvalue weighted by molar-refractivity contribution is 9.10. The van der Waals surface area contributed by atoms with Gasteiger partial charge in [0, 0.05) is 44.9 Å². The molecular weight excluding hydrogens is 647 g/mol. The van der Waals surface area contributed by atoms with E-state index in [0.29, 0.717) is 26.7 Å². The molecule has 1 unspecified atom stereocenters. The number of nitrogens with zero attached hydrogens (tertiary/aromatic N) is 2. The van der Waals surface area contributed by atoms with Gasteiger partial charge in [-0.1, -0.05) is 81.1 Å². The van der Waals surface area contributed by atoms with E-state index in [1.54, 1.807) is 17.0 Å². The lowest BCUT2D eigenvalue weighted by Gasteiger charge is -2.39. The van der Waals surface area contributed by atoms with Crippen molar-refractivity contribution in [3.8, 4) is 11.3 Å². The monoisotopic (exact) mass is 674 g/mol. The molecule has 1 atom stereocenters. The maximum Gasteiger partial charge on any atom is 0.303 e. The lowest BCUT2D eigenvalue weighted by atomic mass is 9.90. The Balaban J connectivity index is 1.91. The van der Waals surface area contributed by atoms with Crippen LogP contribution < -0.4 is 0 Å². The van der Waals surface area contributed by atoms with Gasteiger partial charge in [-0.25, -0.2) is 4.98 Å². The van der Waals surface area contributed by atoms with E-state index in [4.69, 9.17) is 39.8 Å². The Morgan fingerprint density at radius 3 is 2.29 bits per heavy atom. The molecule has 0 aliphatic heterocycles. The molecule has 0 bridgehead atoms. The largest absolute Gasteiger partial charge is 0.481 e. The first-order valence-electron chi connectivity index (χ1n) is 13.1. The molecule has 0 spiro atoms. The fourth-order valence-electron chi connectivity index (χ4n) is 5.04. The number of carboxylic acids is 1. The van der Waals surface area contributed by atoms with Crippen molar-refractivity contribution in [3.63, 3.8) is 0 Å². The van der Waals surface area contributed by atoms with Gasteiger partial charge in [0.05, 0.1) is 26.8 Å². The SMILES string of the molecule is Cc1c(-c2ccccc2)nc2ccc(Br)cc2c1C(=O)N(CC(CCC(=O)O)c1c(Cl)ccc(Cl)c1Cl)C(C)(C)C. The minimum atomic E-state index is -0.953. The molecule has 3 aromatic carbocycles. The number of carboxylic acid groups (broad SMARTS) is 1. The van der Waals surface area contributed by atoms with Gasteiger partial charge in [-0.15, -0.1) is 0 Å². The predicted molar refractivity (Wildman–Crippen MR) is 171 cm³/mol. The van der Waals surface area contributed by atoms with Gasteiger partial charge in [0.25, 0.3) is 5.91 Å². The van der Waals surface area contributed by atoms with Crippen molar-refractivity contribution in [1.29, 1.82) is 0 Å². The second kappa shape index (κ2) is 12.7. The molecule has 9 heteroatoms. The number of fused-ring (bicyclic) bond motifs is 1. The third-order valence-electron chi connectivity index (χ3n) is 7.10. The van der Waals surface area contributed by atoms with Crippen molar-refractivity contribution >= 4 is 73.5 Å². The normalized spacial score (nSPS) is 12.4. The van der Waals surface area contributed by atoms with Gasteiger partial charge in [0.1, 0.15) is 0 Å². The van der Waals surface area contributed by atoms with E-state index >= 15 is 0 Å². The molecule has 0 aliphatic carbocycles. The smallest absolute Gasteiger partial charge is 0.303 e. The number of hydrogen-bond acceptors (Lipinski definition) is 3. The number of halogens is 4. The minimum absolute atomic E-state index is 0.127. The number of rotatable bonds is 8. The summed E-state index contributed by atoms with van der Waals surface area (Å²) in [6, 6.07) is 18.7. The highest BCUT2D eigenvalue weighted by atomic mass is 79.9. The van der Waals surface area contributed by atoms with Crippen LogP contribution in [0.3, 0.4) is 0 Å². The Morgan fingerprint density at radius 1 is 1.00 bits per heavy atom. The van der Waals surface area contributed by atoms with Crippen molar-refractivity contribution < 1.29 is 14.7 Å². The molecule has 214 valence electrons. The number of carbonyl (C=O) groups excluding carboxylic acids is 1. The first kappa shape index (κ1) is 31.3. The van der Waals surface area contributed by atoms with Crippen molar-refractivity contribution in [1.82, 2.24) is 9.88 Å². The van der Waals surface area contributed by atoms with Crippen LogP contribution in [0.1, 0.15) is 61.0 Å². The van der Waals surface area contributed by atoms with Crippen molar-refractivity contribution in [2.75, 3.05) is 6.54 Å². The summed E-state index contributed by atoms with van der Waals surface area (Å²) in [5.74, 6) is -1.64. The molecule has 0 radical (unpaired) electrons. The summed E-state index contributed by atoms with van der Waals surface area (Å²) in [7, 11) is 0. The van der Waals surface area contributed by atoms with Gasteiger partial charge in [-0.05, 0) is 75.6 Å². The molecule has 4 aromatic rings. The summed E-state index contributed by atoms with van der Waals surface area (Å²) in [4.78, 5) is 33.1. The summed E-state index contributed by atoms with van der Waals surface area (Å²) in [6.45, 7) is 7.94. The zero-order valence-corrected chi connectivity index (χ0v) is 27.0. The maximum absolute atomic E-state index is 14.7. The van der Waals surface area contributed by atoms with E-state index < -0.39 is 17.4 Å².